The van der Waals surface area contributed by atoms with E-state index in [0.29, 0.717) is 30.6 Å². The van der Waals surface area contributed by atoms with Crippen molar-refractivity contribution in [1.82, 2.24) is 10.6 Å². The molecule has 0 saturated heterocycles. The van der Waals surface area contributed by atoms with Crippen molar-refractivity contribution >= 4 is 5.91 Å². The van der Waals surface area contributed by atoms with E-state index in [-0.39, 0.29) is 5.91 Å². The highest BCUT2D eigenvalue weighted by Gasteiger charge is 2.03. The zero-order chi connectivity index (χ0) is 12.7. The van der Waals surface area contributed by atoms with E-state index in [1.807, 2.05) is 6.07 Å². The molecule has 0 heterocycles. The van der Waals surface area contributed by atoms with E-state index < -0.39 is 5.82 Å². The van der Waals surface area contributed by atoms with Crippen LogP contribution in [-0.4, -0.2) is 19.5 Å². The number of hydrogen-bond donors (Lipinski definition) is 2. The molecule has 0 aromatic heterocycles. The minimum atomic E-state index is -0.406. The Kier molecular flexibility index (Phi) is 5.11. The smallest absolute Gasteiger partial charge is 0.221 e. The first kappa shape index (κ1) is 13.1. The van der Waals surface area contributed by atoms with Gasteiger partial charge in [-0.25, -0.2) is 4.39 Å². The molecule has 2 N–H and O–H groups in total. The van der Waals surface area contributed by atoms with E-state index in [4.69, 9.17) is 5.26 Å². The summed E-state index contributed by atoms with van der Waals surface area (Å²) < 4.78 is 13.4. The number of halogens is 1. The summed E-state index contributed by atoms with van der Waals surface area (Å²) in [6.07, 6.45) is 0.356. The van der Waals surface area contributed by atoms with Crippen LogP contribution in [0.4, 0.5) is 4.39 Å². The van der Waals surface area contributed by atoms with Crippen molar-refractivity contribution < 1.29 is 9.18 Å². The first-order valence-corrected chi connectivity index (χ1v) is 5.27. The molecule has 0 radical (unpaired) electrons. The average Bonchev–Trinajstić information content (AvgIpc) is 2.35. The number of nitrogens with zero attached hydrogens (tertiary/aromatic N) is 1. The summed E-state index contributed by atoms with van der Waals surface area (Å²) in [6.45, 7) is 0.827. The number of carbonyl (C=O) groups is 1. The highest BCUT2D eigenvalue weighted by Crippen LogP contribution is 2.09. The molecule has 1 aromatic carbocycles. The summed E-state index contributed by atoms with van der Waals surface area (Å²) >= 11 is 0. The Morgan fingerprint density at radius 1 is 1.53 bits per heavy atom. The molecule has 1 aromatic rings. The van der Waals surface area contributed by atoms with Gasteiger partial charge in [0.05, 0.1) is 11.6 Å². The number of nitriles is 1. The lowest BCUT2D eigenvalue weighted by Gasteiger charge is -2.05. The first-order valence-electron chi connectivity index (χ1n) is 5.27. The first-order chi connectivity index (χ1) is 8.17. The van der Waals surface area contributed by atoms with Gasteiger partial charge in [0.1, 0.15) is 5.82 Å². The van der Waals surface area contributed by atoms with E-state index in [1.165, 1.54) is 6.07 Å². The van der Waals surface area contributed by atoms with Gasteiger partial charge in [0.25, 0.3) is 0 Å². The second-order valence-electron chi connectivity index (χ2n) is 3.52. The predicted molar refractivity (Wildman–Crippen MR) is 61.5 cm³/mol. The van der Waals surface area contributed by atoms with Crippen LogP contribution in [0.5, 0.6) is 0 Å². The van der Waals surface area contributed by atoms with Gasteiger partial charge in [-0.05, 0) is 12.1 Å². The molecule has 5 heteroatoms. The van der Waals surface area contributed by atoms with Gasteiger partial charge in [-0.3, -0.25) is 4.79 Å². The molecule has 0 saturated carbocycles. The summed E-state index contributed by atoms with van der Waals surface area (Å²) in [5, 5.41) is 14.0. The van der Waals surface area contributed by atoms with Crippen LogP contribution in [0.1, 0.15) is 17.5 Å². The maximum absolute atomic E-state index is 13.4. The van der Waals surface area contributed by atoms with E-state index in [2.05, 4.69) is 10.6 Å². The maximum atomic E-state index is 13.4. The van der Waals surface area contributed by atoms with E-state index in [9.17, 15) is 9.18 Å². The number of rotatable bonds is 5. The van der Waals surface area contributed by atoms with Crippen LogP contribution in [-0.2, 0) is 11.3 Å². The van der Waals surface area contributed by atoms with Crippen molar-refractivity contribution in [1.29, 1.82) is 5.26 Å². The standard InChI is InChI=1S/C12H14FN3O/c1-15-12(17)4-5-16-8-10-3-2-9(7-14)6-11(10)13/h2-3,6,16H,4-5,8H2,1H3,(H,15,17). The van der Waals surface area contributed by atoms with Gasteiger partial charge in [-0.2, -0.15) is 5.26 Å². The third kappa shape index (κ3) is 4.21. The Labute approximate surface area is 99.4 Å². The SMILES string of the molecule is CNC(=O)CCNCc1ccc(C#N)cc1F. The fourth-order valence-electron chi connectivity index (χ4n) is 1.31. The summed E-state index contributed by atoms with van der Waals surface area (Å²) in [6, 6.07) is 6.21. The van der Waals surface area contributed by atoms with Crippen LogP contribution >= 0.6 is 0 Å². The van der Waals surface area contributed by atoms with Crippen LogP contribution < -0.4 is 10.6 Å². The second kappa shape index (κ2) is 6.61. The van der Waals surface area contributed by atoms with Gasteiger partial charge < -0.3 is 10.6 Å². The predicted octanol–water partition coefficient (Wildman–Crippen LogP) is 0.923. The highest BCUT2D eigenvalue weighted by atomic mass is 19.1. The summed E-state index contributed by atoms with van der Waals surface area (Å²) in [7, 11) is 1.57. The van der Waals surface area contributed by atoms with Crippen LogP contribution in [0, 0.1) is 17.1 Å². The zero-order valence-corrected chi connectivity index (χ0v) is 9.59. The molecule has 0 unspecified atom stereocenters. The fraction of sp³-hybridized carbons (Fsp3) is 0.333. The molecule has 0 aliphatic carbocycles. The van der Waals surface area contributed by atoms with Crippen molar-refractivity contribution in [2.45, 2.75) is 13.0 Å². The van der Waals surface area contributed by atoms with Gasteiger partial charge in [-0.15, -0.1) is 0 Å². The number of carbonyl (C=O) groups excluding carboxylic acids is 1. The Morgan fingerprint density at radius 2 is 2.29 bits per heavy atom. The Morgan fingerprint density at radius 3 is 2.88 bits per heavy atom. The van der Waals surface area contributed by atoms with E-state index in [1.54, 1.807) is 19.2 Å². The third-order valence-electron chi connectivity index (χ3n) is 2.31. The maximum Gasteiger partial charge on any atom is 0.221 e. The monoisotopic (exact) mass is 235 g/mol. The largest absolute Gasteiger partial charge is 0.359 e. The van der Waals surface area contributed by atoms with Gasteiger partial charge in [-0.1, -0.05) is 6.07 Å². The van der Waals surface area contributed by atoms with Crippen LogP contribution in [0.3, 0.4) is 0 Å². The molecule has 1 amide bonds. The van der Waals surface area contributed by atoms with Crippen LogP contribution in [0.2, 0.25) is 0 Å². The Bertz CT molecular complexity index is 440. The number of amides is 1. The zero-order valence-electron chi connectivity index (χ0n) is 9.59. The van der Waals surface area contributed by atoms with Crippen molar-refractivity contribution in [3.8, 4) is 6.07 Å². The summed E-state index contributed by atoms with van der Waals surface area (Å²) in [4.78, 5) is 10.9. The number of nitrogens with one attached hydrogen (secondary N) is 2. The third-order valence-corrected chi connectivity index (χ3v) is 2.31. The Hall–Kier alpha value is -1.93. The fourth-order valence-corrected chi connectivity index (χ4v) is 1.31. The lowest BCUT2D eigenvalue weighted by atomic mass is 10.1. The highest BCUT2D eigenvalue weighted by molar-refractivity contribution is 5.75. The van der Waals surface area contributed by atoms with E-state index >= 15 is 0 Å². The lowest BCUT2D eigenvalue weighted by molar-refractivity contribution is -0.120. The average molecular weight is 235 g/mol. The normalized spacial score (nSPS) is 9.71. The molecule has 0 aliphatic heterocycles. The van der Waals surface area contributed by atoms with Gasteiger partial charge >= 0.3 is 0 Å². The molecule has 1 rings (SSSR count). The molecule has 17 heavy (non-hydrogen) atoms. The van der Waals surface area contributed by atoms with Crippen molar-refractivity contribution in [3.05, 3.63) is 35.1 Å². The van der Waals surface area contributed by atoms with E-state index in [0.717, 1.165) is 0 Å². The minimum Gasteiger partial charge on any atom is -0.359 e. The van der Waals surface area contributed by atoms with Crippen molar-refractivity contribution in [3.63, 3.8) is 0 Å². The Balaban J connectivity index is 2.42. The molecular weight excluding hydrogens is 221 g/mol. The number of benzene rings is 1. The van der Waals surface area contributed by atoms with Crippen LogP contribution in [0.25, 0.3) is 0 Å². The van der Waals surface area contributed by atoms with Gasteiger partial charge in [0.2, 0.25) is 5.91 Å². The molecule has 0 bridgehead atoms. The van der Waals surface area contributed by atoms with Crippen molar-refractivity contribution in [2.75, 3.05) is 13.6 Å². The quantitative estimate of drug-likeness (QED) is 0.746. The lowest BCUT2D eigenvalue weighted by Crippen LogP contribution is -2.24. The van der Waals surface area contributed by atoms with Gasteiger partial charge in [0, 0.05) is 32.1 Å². The molecule has 4 nitrogen and oxygen atoms in total. The van der Waals surface area contributed by atoms with Gasteiger partial charge in [0.15, 0.2) is 0 Å². The second-order valence-corrected chi connectivity index (χ2v) is 3.52. The van der Waals surface area contributed by atoms with Crippen LogP contribution in [0.15, 0.2) is 18.2 Å². The molecule has 0 aliphatic rings. The molecule has 0 fully saturated rings. The molecule has 0 spiro atoms. The number of hydrogen-bond acceptors (Lipinski definition) is 3. The minimum absolute atomic E-state index is 0.0576. The molecule has 90 valence electrons. The summed E-state index contributed by atoms with van der Waals surface area (Å²) in [5.41, 5.74) is 0.789. The molecular formula is C12H14FN3O. The molecule has 0 atom stereocenters. The summed E-state index contributed by atoms with van der Waals surface area (Å²) in [5.74, 6) is -0.464. The topological polar surface area (TPSA) is 64.9 Å². The van der Waals surface area contributed by atoms with Crippen molar-refractivity contribution in [2.24, 2.45) is 0 Å².